The minimum Gasteiger partial charge on any atom is -0.497 e. The molecule has 1 N–H and O–H groups in total. The summed E-state index contributed by atoms with van der Waals surface area (Å²) in [7, 11) is 1.68. The summed E-state index contributed by atoms with van der Waals surface area (Å²) in [5.74, 6) is 0.858. The van der Waals surface area contributed by atoms with Crippen molar-refractivity contribution in [1.82, 2.24) is 15.2 Å². The Morgan fingerprint density at radius 2 is 2.00 bits per heavy atom. The maximum absolute atomic E-state index is 5.56. The molecule has 0 spiro atoms. The second-order valence-corrected chi connectivity index (χ2v) is 5.69. The number of methoxy groups -OCH3 is 1. The van der Waals surface area contributed by atoms with Crippen LogP contribution in [0.25, 0.3) is 0 Å². The molecule has 0 bridgehead atoms. The normalized spacial score (nSPS) is 10.2. The van der Waals surface area contributed by atoms with Crippen LogP contribution in [0.15, 0.2) is 48.8 Å². The van der Waals surface area contributed by atoms with E-state index in [1.165, 1.54) is 0 Å². The molecule has 5 heteroatoms. The average Bonchev–Trinajstić information content (AvgIpc) is 2.60. The zero-order valence-corrected chi connectivity index (χ0v) is 14.5. The molecule has 0 aliphatic rings. The van der Waals surface area contributed by atoms with Crippen molar-refractivity contribution in [2.45, 2.75) is 26.4 Å². The van der Waals surface area contributed by atoms with Crippen LogP contribution in [0.1, 0.15) is 24.5 Å². The number of nitrogens with one attached hydrogen (secondary N) is 1. The van der Waals surface area contributed by atoms with E-state index in [1.807, 2.05) is 30.5 Å². The lowest BCUT2D eigenvalue weighted by atomic mass is 10.2. The number of thiocarbonyl (C=S) groups is 1. The monoisotopic (exact) mass is 329 g/mol. The standard InChI is InChI=1S/C18H23N3OS/c1-3-9-20-18(23)21(14-16-7-5-10-19-12-16)13-15-6-4-8-17(11-15)22-2/h4-8,10-12H,3,9,13-14H2,1-2H3,(H,20,23). The third-order valence-corrected chi connectivity index (χ3v) is 3.82. The van der Waals surface area contributed by atoms with Gasteiger partial charge in [-0.3, -0.25) is 4.98 Å². The van der Waals surface area contributed by atoms with E-state index in [2.05, 4.69) is 34.3 Å². The van der Waals surface area contributed by atoms with Crippen molar-refractivity contribution in [2.75, 3.05) is 13.7 Å². The van der Waals surface area contributed by atoms with Gasteiger partial charge in [-0.2, -0.15) is 0 Å². The van der Waals surface area contributed by atoms with Gasteiger partial charge in [0, 0.05) is 32.0 Å². The van der Waals surface area contributed by atoms with Crippen LogP contribution < -0.4 is 10.1 Å². The van der Waals surface area contributed by atoms with E-state index in [4.69, 9.17) is 17.0 Å². The van der Waals surface area contributed by atoms with Crippen molar-refractivity contribution in [2.24, 2.45) is 0 Å². The second kappa shape index (κ2) is 9.10. The molecule has 0 aliphatic carbocycles. The first-order valence-corrected chi connectivity index (χ1v) is 8.18. The lowest BCUT2D eigenvalue weighted by Gasteiger charge is -2.26. The summed E-state index contributed by atoms with van der Waals surface area (Å²) < 4.78 is 5.30. The van der Waals surface area contributed by atoms with Gasteiger partial charge in [-0.05, 0) is 48.0 Å². The predicted octanol–water partition coefficient (Wildman–Crippen LogP) is 3.38. The summed E-state index contributed by atoms with van der Waals surface area (Å²) in [6.45, 7) is 4.45. The summed E-state index contributed by atoms with van der Waals surface area (Å²) in [6.07, 6.45) is 4.70. The first-order chi connectivity index (χ1) is 11.2. The summed E-state index contributed by atoms with van der Waals surface area (Å²) in [6, 6.07) is 12.1. The van der Waals surface area contributed by atoms with Crippen LogP contribution in [0.5, 0.6) is 5.75 Å². The molecular weight excluding hydrogens is 306 g/mol. The van der Waals surface area contributed by atoms with Gasteiger partial charge < -0.3 is 15.0 Å². The highest BCUT2D eigenvalue weighted by molar-refractivity contribution is 7.80. The number of hydrogen-bond acceptors (Lipinski definition) is 3. The quantitative estimate of drug-likeness (QED) is 0.788. The van der Waals surface area contributed by atoms with Crippen LogP contribution in [-0.2, 0) is 13.1 Å². The molecular formula is C18H23N3OS. The second-order valence-electron chi connectivity index (χ2n) is 5.30. The Morgan fingerprint density at radius 3 is 2.70 bits per heavy atom. The van der Waals surface area contributed by atoms with Gasteiger partial charge in [0.05, 0.1) is 7.11 Å². The number of rotatable bonds is 7. The Labute approximate surface area is 143 Å². The molecule has 23 heavy (non-hydrogen) atoms. The molecule has 1 aromatic carbocycles. The van der Waals surface area contributed by atoms with Crippen LogP contribution in [0.4, 0.5) is 0 Å². The van der Waals surface area contributed by atoms with Gasteiger partial charge in [0.2, 0.25) is 0 Å². The highest BCUT2D eigenvalue weighted by Gasteiger charge is 2.11. The number of benzene rings is 1. The molecule has 0 saturated carbocycles. The van der Waals surface area contributed by atoms with E-state index >= 15 is 0 Å². The van der Waals surface area contributed by atoms with Crippen LogP contribution >= 0.6 is 12.2 Å². The lowest BCUT2D eigenvalue weighted by Crippen LogP contribution is -2.39. The Morgan fingerprint density at radius 1 is 1.22 bits per heavy atom. The van der Waals surface area contributed by atoms with Gasteiger partial charge in [0.1, 0.15) is 5.75 Å². The van der Waals surface area contributed by atoms with Crippen LogP contribution in [-0.4, -0.2) is 28.7 Å². The van der Waals surface area contributed by atoms with Crippen molar-refractivity contribution in [3.05, 3.63) is 59.9 Å². The number of ether oxygens (including phenoxy) is 1. The highest BCUT2D eigenvalue weighted by Crippen LogP contribution is 2.16. The van der Waals surface area contributed by atoms with E-state index < -0.39 is 0 Å². The topological polar surface area (TPSA) is 37.4 Å². The zero-order chi connectivity index (χ0) is 16.5. The van der Waals surface area contributed by atoms with Crippen LogP contribution in [0, 0.1) is 0 Å². The minimum atomic E-state index is 0.723. The lowest BCUT2D eigenvalue weighted by molar-refractivity contribution is 0.393. The number of aromatic nitrogens is 1. The maximum atomic E-state index is 5.56. The molecule has 122 valence electrons. The van der Waals surface area contributed by atoms with Gasteiger partial charge in [0.25, 0.3) is 0 Å². The Bertz CT molecular complexity index is 619. The van der Waals surface area contributed by atoms with Crippen molar-refractivity contribution in [3.63, 3.8) is 0 Å². The van der Waals surface area contributed by atoms with Gasteiger partial charge in [-0.15, -0.1) is 0 Å². The van der Waals surface area contributed by atoms with Crippen molar-refractivity contribution >= 4 is 17.3 Å². The van der Waals surface area contributed by atoms with E-state index in [0.717, 1.165) is 48.0 Å². The van der Waals surface area contributed by atoms with E-state index in [9.17, 15) is 0 Å². The van der Waals surface area contributed by atoms with Crippen molar-refractivity contribution in [1.29, 1.82) is 0 Å². The molecule has 0 saturated heterocycles. The molecule has 4 nitrogen and oxygen atoms in total. The van der Waals surface area contributed by atoms with E-state index in [1.54, 1.807) is 13.3 Å². The third-order valence-electron chi connectivity index (χ3n) is 3.42. The molecule has 1 aromatic heterocycles. The Hall–Kier alpha value is -2.14. The SMILES string of the molecule is CCCNC(=S)N(Cc1cccnc1)Cc1cccc(OC)c1. The zero-order valence-electron chi connectivity index (χ0n) is 13.7. The molecule has 0 unspecified atom stereocenters. The van der Waals surface area contributed by atoms with E-state index in [0.29, 0.717) is 0 Å². The maximum Gasteiger partial charge on any atom is 0.169 e. The molecule has 0 radical (unpaired) electrons. The third kappa shape index (κ3) is 5.53. The largest absolute Gasteiger partial charge is 0.497 e. The van der Waals surface area contributed by atoms with Crippen LogP contribution in [0.2, 0.25) is 0 Å². The van der Waals surface area contributed by atoms with Crippen molar-refractivity contribution in [3.8, 4) is 5.75 Å². The summed E-state index contributed by atoms with van der Waals surface area (Å²) in [4.78, 5) is 6.33. The highest BCUT2D eigenvalue weighted by atomic mass is 32.1. The molecule has 0 atom stereocenters. The van der Waals surface area contributed by atoms with E-state index in [-0.39, 0.29) is 0 Å². The molecule has 0 amide bonds. The fourth-order valence-electron chi connectivity index (χ4n) is 2.25. The van der Waals surface area contributed by atoms with Gasteiger partial charge >= 0.3 is 0 Å². The summed E-state index contributed by atoms with van der Waals surface area (Å²) in [5, 5.41) is 4.07. The average molecular weight is 329 g/mol. The number of pyridine rings is 1. The number of nitrogens with zero attached hydrogens (tertiary/aromatic N) is 2. The van der Waals surface area contributed by atoms with Gasteiger partial charge in [-0.25, -0.2) is 0 Å². The minimum absolute atomic E-state index is 0.723. The fourth-order valence-corrected chi connectivity index (χ4v) is 2.48. The molecule has 1 heterocycles. The molecule has 2 rings (SSSR count). The Kier molecular flexibility index (Phi) is 6.81. The summed E-state index contributed by atoms with van der Waals surface area (Å²) >= 11 is 5.56. The summed E-state index contributed by atoms with van der Waals surface area (Å²) in [5.41, 5.74) is 2.30. The predicted molar refractivity (Wildman–Crippen MR) is 97.4 cm³/mol. The first kappa shape index (κ1) is 17.2. The Balaban J connectivity index is 2.13. The molecule has 0 fully saturated rings. The fraction of sp³-hybridized carbons (Fsp3) is 0.333. The molecule has 0 aliphatic heterocycles. The van der Waals surface area contributed by atoms with Gasteiger partial charge in [0.15, 0.2) is 5.11 Å². The first-order valence-electron chi connectivity index (χ1n) is 7.77. The van der Waals surface area contributed by atoms with Crippen molar-refractivity contribution < 1.29 is 4.74 Å². The molecule has 2 aromatic rings. The van der Waals surface area contributed by atoms with Gasteiger partial charge in [-0.1, -0.05) is 25.1 Å². The van der Waals surface area contributed by atoms with Crippen LogP contribution in [0.3, 0.4) is 0 Å². The number of hydrogen-bond donors (Lipinski definition) is 1. The smallest absolute Gasteiger partial charge is 0.169 e.